The van der Waals surface area contributed by atoms with Crippen LogP contribution < -0.4 is 15.4 Å². The van der Waals surface area contributed by atoms with Crippen molar-refractivity contribution >= 4 is 11.6 Å². The molecule has 1 fully saturated rings. The zero-order valence-electron chi connectivity index (χ0n) is 21.3. The molecule has 1 unspecified atom stereocenters. The first-order valence-electron chi connectivity index (χ1n) is 12.9. The molecule has 1 atom stereocenters. The maximum atomic E-state index is 11.1. The van der Waals surface area contributed by atoms with Gasteiger partial charge < -0.3 is 20.3 Å². The first-order chi connectivity index (χ1) is 16.4. The quantitative estimate of drug-likeness (QED) is 0.425. The Bertz CT molecular complexity index is 845. The third-order valence-electron chi connectivity index (χ3n) is 6.85. The van der Waals surface area contributed by atoms with Gasteiger partial charge in [0.05, 0.1) is 0 Å². The fraction of sp³-hybridized carbons (Fsp3) is 0.552. The molecule has 3 rings (SSSR count). The van der Waals surface area contributed by atoms with Gasteiger partial charge in [-0.2, -0.15) is 0 Å². The standard InChI is InChI=1S/C29H43N3O2/c1-23(2)13-20-32(27-15-18-31(19-16-27)17-14-24(3)21-29(30)33)26-9-11-28(12-10-26)34-22-25-7-5-4-6-8-25/h4-12,23-24,27H,13-22H2,1-3H3,(H2,30,33). The van der Waals surface area contributed by atoms with E-state index >= 15 is 0 Å². The van der Waals surface area contributed by atoms with Crippen LogP contribution in [0.4, 0.5) is 5.69 Å². The van der Waals surface area contributed by atoms with Gasteiger partial charge >= 0.3 is 0 Å². The van der Waals surface area contributed by atoms with Crippen molar-refractivity contribution < 1.29 is 9.53 Å². The molecule has 2 N–H and O–H groups in total. The van der Waals surface area contributed by atoms with Gasteiger partial charge in [0.15, 0.2) is 0 Å². The van der Waals surface area contributed by atoms with Crippen molar-refractivity contribution in [3.05, 3.63) is 60.2 Å². The molecule has 0 spiro atoms. The summed E-state index contributed by atoms with van der Waals surface area (Å²) in [6.45, 7) is 11.7. The molecule has 0 aromatic heterocycles. The highest BCUT2D eigenvalue weighted by Gasteiger charge is 2.25. The smallest absolute Gasteiger partial charge is 0.217 e. The molecule has 0 bridgehead atoms. The molecule has 0 aliphatic carbocycles. The highest BCUT2D eigenvalue weighted by atomic mass is 16.5. The topological polar surface area (TPSA) is 58.8 Å². The van der Waals surface area contributed by atoms with E-state index in [9.17, 15) is 4.79 Å². The van der Waals surface area contributed by atoms with Crippen LogP contribution in [0, 0.1) is 11.8 Å². The number of carbonyl (C=O) groups is 1. The molecule has 5 nitrogen and oxygen atoms in total. The molecule has 186 valence electrons. The summed E-state index contributed by atoms with van der Waals surface area (Å²) in [4.78, 5) is 16.3. The number of rotatable bonds is 13. The average molecular weight is 466 g/mol. The van der Waals surface area contributed by atoms with Gasteiger partial charge in [-0.15, -0.1) is 0 Å². The number of nitrogens with two attached hydrogens (primary N) is 1. The zero-order chi connectivity index (χ0) is 24.3. The molecule has 1 aliphatic heterocycles. The van der Waals surface area contributed by atoms with Crippen LogP contribution in [0.3, 0.4) is 0 Å². The number of likely N-dealkylation sites (tertiary alicyclic amines) is 1. The van der Waals surface area contributed by atoms with Crippen molar-refractivity contribution in [1.82, 2.24) is 4.90 Å². The number of primary amides is 1. The number of carbonyl (C=O) groups excluding carboxylic acids is 1. The lowest BCUT2D eigenvalue weighted by molar-refractivity contribution is -0.118. The second-order valence-electron chi connectivity index (χ2n) is 10.3. The van der Waals surface area contributed by atoms with Gasteiger partial charge in [-0.3, -0.25) is 4.79 Å². The van der Waals surface area contributed by atoms with Crippen LogP contribution in [-0.2, 0) is 11.4 Å². The summed E-state index contributed by atoms with van der Waals surface area (Å²) in [7, 11) is 0. The number of ether oxygens (including phenoxy) is 1. The highest BCUT2D eigenvalue weighted by molar-refractivity contribution is 5.73. The van der Waals surface area contributed by atoms with E-state index in [-0.39, 0.29) is 5.91 Å². The monoisotopic (exact) mass is 465 g/mol. The number of piperidine rings is 1. The third kappa shape index (κ3) is 8.68. The minimum absolute atomic E-state index is 0.191. The van der Waals surface area contributed by atoms with E-state index in [1.807, 2.05) is 18.2 Å². The van der Waals surface area contributed by atoms with Gasteiger partial charge in [0.25, 0.3) is 0 Å². The highest BCUT2D eigenvalue weighted by Crippen LogP contribution is 2.27. The molecule has 0 saturated carbocycles. The van der Waals surface area contributed by atoms with Gasteiger partial charge in [-0.1, -0.05) is 51.1 Å². The molecule has 1 saturated heterocycles. The van der Waals surface area contributed by atoms with Gasteiger partial charge in [0.1, 0.15) is 12.4 Å². The summed E-state index contributed by atoms with van der Waals surface area (Å²) in [6.07, 6.45) is 5.07. The molecule has 5 heteroatoms. The molecule has 1 amide bonds. The molecule has 34 heavy (non-hydrogen) atoms. The largest absolute Gasteiger partial charge is 0.489 e. The minimum atomic E-state index is -0.191. The van der Waals surface area contributed by atoms with Crippen LogP contribution in [0.25, 0.3) is 0 Å². The van der Waals surface area contributed by atoms with Gasteiger partial charge in [-0.25, -0.2) is 0 Å². The van der Waals surface area contributed by atoms with Crippen LogP contribution in [0.15, 0.2) is 54.6 Å². The Morgan fingerprint density at radius 3 is 2.32 bits per heavy atom. The Kier molecular flexibility index (Phi) is 10.3. The van der Waals surface area contributed by atoms with Crippen LogP contribution in [0.1, 0.15) is 58.4 Å². The van der Waals surface area contributed by atoms with Crippen LogP contribution in [0.2, 0.25) is 0 Å². The molecule has 0 radical (unpaired) electrons. The summed E-state index contributed by atoms with van der Waals surface area (Å²) in [5.41, 5.74) is 7.82. The number of hydrogen-bond acceptors (Lipinski definition) is 4. The Morgan fingerprint density at radius 2 is 1.71 bits per heavy atom. The van der Waals surface area contributed by atoms with E-state index in [2.05, 4.69) is 67.0 Å². The first-order valence-corrected chi connectivity index (χ1v) is 12.9. The number of anilines is 1. The minimum Gasteiger partial charge on any atom is -0.489 e. The lowest BCUT2D eigenvalue weighted by Crippen LogP contribution is -2.46. The van der Waals surface area contributed by atoms with E-state index in [0.717, 1.165) is 38.3 Å². The summed E-state index contributed by atoms with van der Waals surface area (Å²) in [6, 6.07) is 19.5. The summed E-state index contributed by atoms with van der Waals surface area (Å²) < 4.78 is 6.00. The maximum Gasteiger partial charge on any atom is 0.217 e. The lowest BCUT2D eigenvalue weighted by Gasteiger charge is -2.40. The Balaban J connectivity index is 1.55. The van der Waals surface area contributed by atoms with Gasteiger partial charge in [0.2, 0.25) is 5.91 Å². The van der Waals surface area contributed by atoms with Crippen LogP contribution in [-0.4, -0.2) is 43.0 Å². The van der Waals surface area contributed by atoms with Crippen molar-refractivity contribution in [2.75, 3.05) is 31.1 Å². The predicted molar refractivity (Wildman–Crippen MR) is 141 cm³/mol. The summed E-state index contributed by atoms with van der Waals surface area (Å²) >= 11 is 0. The predicted octanol–water partition coefficient (Wildman–Crippen LogP) is 5.48. The molecular formula is C29H43N3O2. The maximum absolute atomic E-state index is 11.1. The lowest BCUT2D eigenvalue weighted by atomic mass is 9.99. The van der Waals surface area contributed by atoms with E-state index in [1.54, 1.807) is 0 Å². The number of nitrogens with zero attached hydrogens (tertiary/aromatic N) is 2. The Morgan fingerprint density at radius 1 is 1.03 bits per heavy atom. The normalized spacial score (nSPS) is 15.9. The van der Waals surface area contributed by atoms with Gasteiger partial charge in [0, 0.05) is 37.8 Å². The Hall–Kier alpha value is -2.53. The van der Waals surface area contributed by atoms with E-state index in [1.165, 1.54) is 30.5 Å². The fourth-order valence-corrected chi connectivity index (χ4v) is 4.70. The van der Waals surface area contributed by atoms with E-state index in [0.29, 0.717) is 30.9 Å². The number of hydrogen-bond donors (Lipinski definition) is 1. The third-order valence-corrected chi connectivity index (χ3v) is 6.85. The van der Waals surface area contributed by atoms with E-state index < -0.39 is 0 Å². The molecule has 2 aromatic carbocycles. The van der Waals surface area contributed by atoms with Crippen molar-refractivity contribution in [2.45, 2.75) is 65.5 Å². The molecule has 1 aliphatic rings. The van der Waals surface area contributed by atoms with E-state index in [4.69, 9.17) is 10.5 Å². The van der Waals surface area contributed by atoms with Crippen molar-refractivity contribution in [2.24, 2.45) is 17.6 Å². The Labute approximate surface area is 206 Å². The second kappa shape index (κ2) is 13.4. The van der Waals surface area contributed by atoms with Crippen molar-refractivity contribution in [1.29, 1.82) is 0 Å². The average Bonchev–Trinajstić information content (AvgIpc) is 2.83. The molecule has 2 aromatic rings. The number of amides is 1. The zero-order valence-corrected chi connectivity index (χ0v) is 21.3. The van der Waals surface area contributed by atoms with Crippen molar-refractivity contribution in [3.8, 4) is 5.75 Å². The summed E-state index contributed by atoms with van der Waals surface area (Å²) in [5.74, 6) is 1.77. The number of benzene rings is 2. The SMILES string of the molecule is CC(C)CCN(c1ccc(OCc2ccccc2)cc1)C1CCN(CCC(C)CC(N)=O)CC1. The molecular weight excluding hydrogens is 422 g/mol. The molecule has 1 heterocycles. The summed E-state index contributed by atoms with van der Waals surface area (Å²) in [5, 5.41) is 0. The van der Waals surface area contributed by atoms with Crippen molar-refractivity contribution in [3.63, 3.8) is 0 Å². The van der Waals surface area contributed by atoms with Gasteiger partial charge in [-0.05, 0) is 73.9 Å². The first kappa shape index (κ1) is 26.1. The van der Waals surface area contributed by atoms with Crippen LogP contribution >= 0.6 is 0 Å². The van der Waals surface area contributed by atoms with Crippen LogP contribution in [0.5, 0.6) is 5.75 Å². The fourth-order valence-electron chi connectivity index (χ4n) is 4.70. The second-order valence-corrected chi connectivity index (χ2v) is 10.3.